The van der Waals surface area contributed by atoms with E-state index in [0.717, 1.165) is 19.4 Å². The van der Waals surface area contributed by atoms with Gasteiger partial charge in [0.25, 0.3) is 5.91 Å². The Kier molecular flexibility index (Phi) is 6.11. The molecule has 31 heavy (non-hydrogen) atoms. The minimum Gasteiger partial charge on any atom is -0.488 e. The Labute approximate surface area is 185 Å². The van der Waals surface area contributed by atoms with E-state index >= 15 is 0 Å². The molecule has 1 fully saturated rings. The van der Waals surface area contributed by atoms with Crippen LogP contribution in [-0.4, -0.2) is 53.1 Å². The van der Waals surface area contributed by atoms with Crippen LogP contribution in [-0.2, 0) is 0 Å². The Balaban J connectivity index is 1.56. The van der Waals surface area contributed by atoms with Gasteiger partial charge in [-0.05, 0) is 45.4 Å². The number of nitrogens with zero attached hydrogens (tertiary/aromatic N) is 3. The van der Waals surface area contributed by atoms with Crippen molar-refractivity contribution in [3.63, 3.8) is 0 Å². The highest BCUT2D eigenvalue weighted by Gasteiger charge is 2.30. The highest BCUT2D eigenvalue weighted by atomic mass is 35.5. The van der Waals surface area contributed by atoms with Crippen LogP contribution in [0.15, 0.2) is 23.9 Å². The molecule has 1 amide bonds. The number of halogens is 2. The number of ether oxygens (including phenoxy) is 1. The predicted molar refractivity (Wildman–Crippen MR) is 116 cm³/mol. The van der Waals surface area contributed by atoms with Gasteiger partial charge in [0.05, 0.1) is 35.1 Å². The topological polar surface area (TPSA) is 93.4 Å². The number of aryl methyl sites for hydroxylation is 2. The molecule has 0 unspecified atom stereocenters. The van der Waals surface area contributed by atoms with Crippen molar-refractivity contribution in [3.05, 3.63) is 57.5 Å². The SMILES string of the molecule is Cc1nc(C2=C(N)CN(C(=O)c3ccc(F)cc3O[C@H]3CCCNC3)C2)nc(C)c1Cl. The van der Waals surface area contributed by atoms with E-state index in [2.05, 4.69) is 15.3 Å². The van der Waals surface area contributed by atoms with Gasteiger partial charge in [0.1, 0.15) is 17.7 Å². The molecule has 7 nitrogen and oxygen atoms in total. The van der Waals surface area contributed by atoms with Crippen molar-refractivity contribution >= 4 is 23.1 Å². The molecule has 1 aromatic carbocycles. The van der Waals surface area contributed by atoms with Crippen LogP contribution in [0.5, 0.6) is 5.75 Å². The van der Waals surface area contributed by atoms with E-state index in [9.17, 15) is 9.18 Å². The van der Waals surface area contributed by atoms with Crippen LogP contribution < -0.4 is 15.8 Å². The number of carbonyl (C=O) groups is 1. The number of hydrogen-bond acceptors (Lipinski definition) is 6. The van der Waals surface area contributed by atoms with Gasteiger partial charge in [-0.1, -0.05) is 11.6 Å². The van der Waals surface area contributed by atoms with Crippen LogP contribution in [0.4, 0.5) is 4.39 Å². The van der Waals surface area contributed by atoms with E-state index < -0.39 is 5.82 Å². The van der Waals surface area contributed by atoms with Crippen molar-refractivity contribution in [3.8, 4) is 5.75 Å². The van der Waals surface area contributed by atoms with Crippen molar-refractivity contribution < 1.29 is 13.9 Å². The number of nitrogens with two attached hydrogens (primary N) is 1. The third-order valence-corrected chi connectivity index (χ3v) is 6.10. The summed E-state index contributed by atoms with van der Waals surface area (Å²) in [6.07, 6.45) is 1.72. The van der Waals surface area contributed by atoms with Gasteiger partial charge in [-0.2, -0.15) is 0 Å². The van der Waals surface area contributed by atoms with Crippen LogP contribution in [0, 0.1) is 19.7 Å². The molecule has 9 heteroatoms. The van der Waals surface area contributed by atoms with E-state index in [4.69, 9.17) is 22.1 Å². The summed E-state index contributed by atoms with van der Waals surface area (Å²) < 4.78 is 19.9. The van der Waals surface area contributed by atoms with Gasteiger partial charge in [-0.25, -0.2) is 14.4 Å². The molecule has 0 saturated carbocycles. The van der Waals surface area contributed by atoms with Gasteiger partial charge in [0.15, 0.2) is 5.82 Å². The van der Waals surface area contributed by atoms with Crippen molar-refractivity contribution in [2.24, 2.45) is 5.73 Å². The molecule has 3 N–H and O–H groups in total. The molecular formula is C22H25ClFN5O2. The molecule has 2 aliphatic rings. The quantitative estimate of drug-likeness (QED) is 0.751. The molecule has 1 atom stereocenters. The fourth-order valence-electron chi connectivity index (χ4n) is 3.89. The molecule has 0 aliphatic carbocycles. The summed E-state index contributed by atoms with van der Waals surface area (Å²) in [6, 6.07) is 4.00. The van der Waals surface area contributed by atoms with Gasteiger partial charge in [-0.15, -0.1) is 0 Å². The molecule has 2 aromatic rings. The van der Waals surface area contributed by atoms with Crippen molar-refractivity contribution in [1.29, 1.82) is 0 Å². The molecule has 1 saturated heterocycles. The molecule has 4 rings (SSSR count). The second kappa shape index (κ2) is 8.80. The van der Waals surface area contributed by atoms with Crippen LogP contribution in [0.2, 0.25) is 5.02 Å². The van der Waals surface area contributed by atoms with Crippen LogP contribution in [0.1, 0.15) is 40.4 Å². The maximum absolute atomic E-state index is 13.9. The minimum atomic E-state index is -0.449. The first-order chi connectivity index (χ1) is 14.8. The molecule has 0 spiro atoms. The average molecular weight is 446 g/mol. The van der Waals surface area contributed by atoms with Gasteiger partial charge < -0.3 is 20.7 Å². The Morgan fingerprint density at radius 2 is 2.03 bits per heavy atom. The zero-order chi connectivity index (χ0) is 22.1. The lowest BCUT2D eigenvalue weighted by Crippen LogP contribution is -2.38. The number of rotatable bonds is 4. The van der Waals surface area contributed by atoms with Crippen molar-refractivity contribution in [2.75, 3.05) is 26.2 Å². The molecule has 1 aromatic heterocycles. The van der Waals surface area contributed by atoms with Gasteiger partial charge >= 0.3 is 0 Å². The molecular weight excluding hydrogens is 421 g/mol. The molecule has 3 heterocycles. The predicted octanol–water partition coefficient (Wildman–Crippen LogP) is 2.84. The molecule has 0 radical (unpaired) electrons. The summed E-state index contributed by atoms with van der Waals surface area (Å²) in [5.74, 6) is -0.00841. The average Bonchev–Trinajstić information content (AvgIpc) is 3.14. The zero-order valence-electron chi connectivity index (χ0n) is 17.5. The minimum absolute atomic E-state index is 0.104. The smallest absolute Gasteiger partial charge is 0.258 e. The van der Waals surface area contributed by atoms with E-state index in [0.29, 0.717) is 45.6 Å². The first-order valence-electron chi connectivity index (χ1n) is 10.3. The van der Waals surface area contributed by atoms with Crippen LogP contribution in [0.25, 0.3) is 5.57 Å². The van der Waals surface area contributed by atoms with E-state index in [1.807, 2.05) is 0 Å². The summed E-state index contributed by atoms with van der Waals surface area (Å²) in [4.78, 5) is 23.8. The zero-order valence-corrected chi connectivity index (χ0v) is 18.3. The second-order valence-corrected chi connectivity index (χ2v) is 8.30. The molecule has 0 bridgehead atoms. The summed E-state index contributed by atoms with van der Waals surface area (Å²) >= 11 is 6.18. The Bertz CT molecular complexity index is 1030. The number of aromatic nitrogens is 2. The highest BCUT2D eigenvalue weighted by molar-refractivity contribution is 6.31. The van der Waals surface area contributed by atoms with E-state index in [1.54, 1.807) is 18.7 Å². The number of nitrogens with one attached hydrogen (secondary N) is 1. The number of piperidine rings is 1. The second-order valence-electron chi connectivity index (χ2n) is 7.92. The third kappa shape index (κ3) is 4.50. The normalized spacial score (nSPS) is 19.1. The summed E-state index contributed by atoms with van der Waals surface area (Å²) in [6.45, 7) is 5.70. The lowest BCUT2D eigenvalue weighted by molar-refractivity contribution is 0.0789. The number of hydrogen-bond donors (Lipinski definition) is 2. The fourth-order valence-corrected chi connectivity index (χ4v) is 3.97. The van der Waals surface area contributed by atoms with Gasteiger partial charge in [0.2, 0.25) is 0 Å². The lowest BCUT2D eigenvalue weighted by atomic mass is 10.1. The number of amides is 1. The number of carbonyl (C=O) groups excluding carboxylic acids is 1. The van der Waals surface area contributed by atoms with E-state index in [-0.39, 0.29) is 30.9 Å². The standard InChI is InChI=1S/C22H25ClFN5O2/c1-12-20(23)13(2)28-21(27-12)17-10-29(11-18(17)25)22(30)16-6-5-14(24)8-19(16)31-15-4-3-7-26-9-15/h5-6,8,15,26H,3-4,7,9-11,25H2,1-2H3/t15-/m0/s1. The largest absolute Gasteiger partial charge is 0.488 e. The fraction of sp³-hybridized carbons (Fsp3) is 0.409. The lowest BCUT2D eigenvalue weighted by Gasteiger charge is -2.26. The number of benzene rings is 1. The van der Waals surface area contributed by atoms with Crippen molar-refractivity contribution in [2.45, 2.75) is 32.8 Å². The third-order valence-electron chi connectivity index (χ3n) is 5.56. The Morgan fingerprint density at radius 3 is 2.71 bits per heavy atom. The molecule has 2 aliphatic heterocycles. The Morgan fingerprint density at radius 1 is 1.29 bits per heavy atom. The summed E-state index contributed by atoms with van der Waals surface area (Å²) in [7, 11) is 0. The summed E-state index contributed by atoms with van der Waals surface area (Å²) in [5.41, 5.74) is 9.08. The molecule has 164 valence electrons. The summed E-state index contributed by atoms with van der Waals surface area (Å²) in [5, 5.41) is 3.77. The van der Waals surface area contributed by atoms with Gasteiger partial charge in [0, 0.05) is 23.9 Å². The van der Waals surface area contributed by atoms with Crippen LogP contribution >= 0.6 is 11.6 Å². The first-order valence-corrected chi connectivity index (χ1v) is 10.7. The van der Waals surface area contributed by atoms with E-state index in [1.165, 1.54) is 18.2 Å². The highest BCUT2D eigenvalue weighted by Crippen LogP contribution is 2.29. The van der Waals surface area contributed by atoms with Crippen LogP contribution in [0.3, 0.4) is 0 Å². The monoisotopic (exact) mass is 445 g/mol. The maximum atomic E-state index is 13.9. The maximum Gasteiger partial charge on any atom is 0.258 e. The first kappa shape index (κ1) is 21.5. The Hall–Kier alpha value is -2.71. The van der Waals surface area contributed by atoms with Gasteiger partial charge in [-0.3, -0.25) is 4.79 Å². The van der Waals surface area contributed by atoms with Crippen molar-refractivity contribution in [1.82, 2.24) is 20.2 Å².